The summed E-state index contributed by atoms with van der Waals surface area (Å²) in [6.45, 7) is 4.67. The van der Waals surface area contributed by atoms with Crippen molar-refractivity contribution in [3.8, 4) is 11.5 Å². The minimum Gasteiger partial charge on any atom is -0.497 e. The second-order valence-electron chi connectivity index (χ2n) is 10.9. The van der Waals surface area contributed by atoms with E-state index in [4.69, 9.17) is 9.47 Å². The molecule has 1 aliphatic heterocycles. The number of rotatable bonds is 12. The molecule has 224 valence electrons. The van der Waals surface area contributed by atoms with Gasteiger partial charge in [0, 0.05) is 30.5 Å². The highest BCUT2D eigenvalue weighted by Gasteiger charge is 2.24. The van der Waals surface area contributed by atoms with Gasteiger partial charge in [0.25, 0.3) is 0 Å². The first-order chi connectivity index (χ1) is 20.2. The highest BCUT2D eigenvalue weighted by molar-refractivity contribution is 9.10. The van der Waals surface area contributed by atoms with Crippen LogP contribution in [0.3, 0.4) is 0 Å². The lowest BCUT2D eigenvalue weighted by Crippen LogP contribution is -2.41. The van der Waals surface area contributed by atoms with Gasteiger partial charge in [-0.2, -0.15) is 0 Å². The molecule has 1 heterocycles. The van der Waals surface area contributed by atoms with Crippen LogP contribution < -0.4 is 24.8 Å². The van der Waals surface area contributed by atoms with E-state index in [1.165, 1.54) is 6.42 Å². The predicted octanol–water partition coefficient (Wildman–Crippen LogP) is 6.31. The van der Waals surface area contributed by atoms with Gasteiger partial charge in [-0.3, -0.25) is 20.0 Å². The van der Waals surface area contributed by atoms with Gasteiger partial charge >= 0.3 is 0 Å². The van der Waals surface area contributed by atoms with E-state index in [0.717, 1.165) is 59.9 Å². The monoisotopic (exact) mass is 636 g/mol. The fourth-order valence-electron chi connectivity index (χ4n) is 5.22. The third-order valence-corrected chi connectivity index (χ3v) is 8.25. The number of nitrogens with one attached hydrogen (secondary N) is 1. The van der Waals surface area contributed by atoms with Crippen LogP contribution in [0.2, 0.25) is 0 Å². The van der Waals surface area contributed by atoms with Gasteiger partial charge in [-0.05, 0) is 93.9 Å². The first-order valence-electron chi connectivity index (χ1n) is 14.3. The van der Waals surface area contributed by atoms with Crippen LogP contribution in [0.25, 0.3) is 0 Å². The lowest BCUT2D eigenvalue weighted by atomic mass is 10.0. The summed E-state index contributed by atoms with van der Waals surface area (Å²) in [4.78, 5) is 31.0. The van der Waals surface area contributed by atoms with Gasteiger partial charge in [-0.1, -0.05) is 28.1 Å². The molecule has 4 rings (SSSR count). The Labute approximate surface area is 257 Å². The number of halogens is 1. The van der Waals surface area contributed by atoms with Gasteiger partial charge in [0.2, 0.25) is 5.91 Å². The van der Waals surface area contributed by atoms with Crippen LogP contribution in [0.4, 0.5) is 17.1 Å². The number of nitrogens with zero attached hydrogens (tertiary/aromatic N) is 3. The fraction of sp³-hybridized carbons (Fsp3) is 0.394. The summed E-state index contributed by atoms with van der Waals surface area (Å²) < 4.78 is 11.7. The van der Waals surface area contributed by atoms with Gasteiger partial charge in [0.05, 0.1) is 43.3 Å². The Hall–Kier alpha value is -3.56. The molecule has 1 fully saturated rings. The molecule has 1 N–H and O–H groups in total. The third kappa shape index (κ3) is 7.63. The summed E-state index contributed by atoms with van der Waals surface area (Å²) in [7, 11) is 7.05. The predicted molar refractivity (Wildman–Crippen MR) is 172 cm³/mol. The van der Waals surface area contributed by atoms with Crippen LogP contribution in [0.15, 0.2) is 59.1 Å². The quantitative estimate of drug-likeness (QED) is 0.184. The Kier molecular flexibility index (Phi) is 10.9. The molecule has 0 aliphatic carbocycles. The van der Waals surface area contributed by atoms with Crippen molar-refractivity contribution in [3.63, 3.8) is 0 Å². The molecule has 0 atom stereocenters. The molecule has 9 heteroatoms. The van der Waals surface area contributed by atoms with Crippen LogP contribution in [0.5, 0.6) is 11.5 Å². The maximum atomic E-state index is 13.7. The van der Waals surface area contributed by atoms with E-state index in [-0.39, 0.29) is 18.1 Å². The number of ether oxygens (including phenoxy) is 2. The number of carbonyl (C=O) groups excluding carboxylic acids is 2. The number of piperidine rings is 1. The Morgan fingerprint density at radius 3 is 2.33 bits per heavy atom. The Bertz CT molecular complexity index is 1390. The highest BCUT2D eigenvalue weighted by Crippen LogP contribution is 2.38. The Morgan fingerprint density at radius 1 is 0.976 bits per heavy atom. The van der Waals surface area contributed by atoms with Crippen LogP contribution in [-0.2, 0) is 11.2 Å². The molecule has 3 aromatic rings. The van der Waals surface area contributed by atoms with E-state index in [2.05, 4.69) is 51.4 Å². The zero-order valence-corrected chi connectivity index (χ0v) is 26.8. The minimum absolute atomic E-state index is 0.00673. The van der Waals surface area contributed by atoms with Gasteiger partial charge in [0.1, 0.15) is 11.5 Å². The smallest absolute Gasteiger partial charge is 0.243 e. The largest absolute Gasteiger partial charge is 0.497 e. The van der Waals surface area contributed by atoms with Crippen LogP contribution in [0.1, 0.15) is 47.2 Å². The number of benzene rings is 3. The molecule has 42 heavy (non-hydrogen) atoms. The maximum Gasteiger partial charge on any atom is 0.243 e. The van der Waals surface area contributed by atoms with Crippen molar-refractivity contribution in [1.29, 1.82) is 0 Å². The van der Waals surface area contributed by atoms with Crippen LogP contribution >= 0.6 is 15.9 Å². The highest BCUT2D eigenvalue weighted by atomic mass is 79.9. The number of Topliss-reactive ketones (excluding diaryl/α,β-unsaturated/α-hetero) is 1. The molecule has 0 unspecified atom stereocenters. The summed E-state index contributed by atoms with van der Waals surface area (Å²) in [6.07, 6.45) is 3.98. The molecule has 0 spiro atoms. The summed E-state index contributed by atoms with van der Waals surface area (Å²) >= 11 is 3.60. The number of carbonyl (C=O) groups is 2. The fourth-order valence-corrected chi connectivity index (χ4v) is 5.70. The van der Waals surface area contributed by atoms with Crippen molar-refractivity contribution < 1.29 is 19.1 Å². The number of amides is 1. The number of ketones is 1. The molecule has 1 aliphatic rings. The first kappa shape index (κ1) is 31.4. The first-order valence-corrected chi connectivity index (χ1v) is 15.1. The summed E-state index contributed by atoms with van der Waals surface area (Å²) in [6, 6.07) is 17.5. The summed E-state index contributed by atoms with van der Waals surface area (Å²) in [5, 5.41) is 1.88. The van der Waals surface area contributed by atoms with E-state index in [1.54, 1.807) is 26.4 Å². The van der Waals surface area contributed by atoms with Crippen LogP contribution in [-0.4, -0.2) is 64.5 Å². The second-order valence-corrected chi connectivity index (χ2v) is 11.7. The number of anilines is 3. The zero-order valence-electron chi connectivity index (χ0n) is 25.2. The second kappa shape index (κ2) is 14.6. The normalized spacial score (nSPS) is 13.2. The van der Waals surface area contributed by atoms with Gasteiger partial charge < -0.3 is 19.3 Å². The number of aryl methyl sites for hydroxylation is 1. The van der Waals surface area contributed by atoms with E-state index in [9.17, 15) is 9.59 Å². The van der Waals surface area contributed by atoms with Crippen molar-refractivity contribution in [2.45, 2.75) is 39.0 Å². The van der Waals surface area contributed by atoms with Crippen molar-refractivity contribution in [2.24, 2.45) is 0 Å². The van der Waals surface area contributed by atoms with Crippen molar-refractivity contribution in [1.82, 2.24) is 10.3 Å². The van der Waals surface area contributed by atoms with E-state index < -0.39 is 0 Å². The molecule has 8 nitrogen and oxygen atoms in total. The summed E-state index contributed by atoms with van der Waals surface area (Å²) in [5.74, 6) is 0.992. The molecule has 0 aromatic heterocycles. The number of methoxy groups -OCH3 is 2. The molecule has 1 saturated heterocycles. The zero-order chi connectivity index (χ0) is 30.2. The summed E-state index contributed by atoms with van der Waals surface area (Å²) in [5.41, 5.74) is 8.31. The standard InChI is InChI=1S/C33H41BrN4O4/c1-23-10-9-11-29(37-17-7-6-8-18-37)33(23)38(25-12-14-26(41-4)15-13-25)35-32(40)21-24-20-31(42-5)27(22-28(24)34)30(39)16-19-36(2)3/h9-15,20,22H,6-8,16-19,21H2,1-5H3,(H,35,40). The van der Waals surface area contributed by atoms with Gasteiger partial charge in [0.15, 0.2) is 5.78 Å². The average molecular weight is 638 g/mol. The number of para-hydroxylation sites is 1. The van der Waals surface area contributed by atoms with Crippen LogP contribution in [0, 0.1) is 6.92 Å². The van der Waals surface area contributed by atoms with Gasteiger partial charge in [-0.15, -0.1) is 0 Å². The number of hydrogen-bond acceptors (Lipinski definition) is 7. The number of hydrazine groups is 1. The van der Waals surface area contributed by atoms with E-state index in [1.807, 2.05) is 48.3 Å². The average Bonchev–Trinajstić information content (AvgIpc) is 3.00. The Morgan fingerprint density at radius 2 is 1.69 bits per heavy atom. The Balaban J connectivity index is 1.65. The minimum atomic E-state index is -0.201. The molecule has 3 aromatic carbocycles. The number of hydrogen-bond donors (Lipinski definition) is 1. The van der Waals surface area contributed by atoms with Gasteiger partial charge in [-0.25, -0.2) is 0 Å². The van der Waals surface area contributed by atoms with Crippen molar-refractivity contribution in [2.75, 3.05) is 57.9 Å². The maximum absolute atomic E-state index is 13.7. The topological polar surface area (TPSA) is 74.3 Å². The molecular weight excluding hydrogens is 596 g/mol. The van der Waals surface area contributed by atoms with E-state index >= 15 is 0 Å². The van der Waals surface area contributed by atoms with Crippen molar-refractivity contribution in [3.05, 3.63) is 75.8 Å². The molecule has 0 saturated carbocycles. The molecule has 0 bridgehead atoms. The van der Waals surface area contributed by atoms with E-state index in [0.29, 0.717) is 28.8 Å². The molecular formula is C33H41BrN4O4. The molecule has 0 radical (unpaired) electrons. The van der Waals surface area contributed by atoms with Crippen molar-refractivity contribution >= 4 is 44.7 Å². The SMILES string of the molecule is COc1ccc(N(NC(=O)Cc2cc(OC)c(C(=O)CCN(C)C)cc2Br)c2c(C)cccc2N2CCCCC2)cc1. The molecule has 1 amide bonds. The lowest BCUT2D eigenvalue weighted by molar-refractivity contribution is -0.120. The lowest BCUT2D eigenvalue weighted by Gasteiger charge is -2.35. The third-order valence-electron chi connectivity index (χ3n) is 7.51.